The predicted molar refractivity (Wildman–Crippen MR) is 43.1 cm³/mol. The fourth-order valence-electron chi connectivity index (χ4n) is 0.385. The lowest BCUT2D eigenvalue weighted by Gasteiger charge is -1.73. The average Bonchev–Trinajstić information content (AvgIpc) is 2.09. The van der Waals surface area contributed by atoms with Crippen molar-refractivity contribution >= 4 is 5.97 Å². The Hall–Kier alpha value is -1.35. The van der Waals surface area contributed by atoms with Crippen LogP contribution in [-0.2, 0) is 4.79 Å². The van der Waals surface area contributed by atoms with Gasteiger partial charge in [0, 0.05) is 0 Å². The maximum absolute atomic E-state index is 9.24. The van der Waals surface area contributed by atoms with Crippen LogP contribution < -0.4 is 5.73 Å². The molecule has 0 bridgehead atoms. The Morgan fingerprint density at radius 1 is 1.09 bits per heavy atom. The van der Waals surface area contributed by atoms with E-state index in [1.165, 1.54) is 0 Å². The lowest BCUT2D eigenvalue weighted by atomic mass is 10.4. The number of carboxylic acid groups (broad SMARTS) is 1. The summed E-state index contributed by atoms with van der Waals surface area (Å²) in [7, 11) is 0. The highest BCUT2D eigenvalue weighted by Gasteiger charge is 1.81. The largest absolute Gasteiger partial charge is 0.480 e. The summed E-state index contributed by atoms with van der Waals surface area (Å²) in [6.45, 7) is -0.278. The number of hydrogen-bond acceptors (Lipinski definition) is 2. The first kappa shape index (κ1) is 9.65. The van der Waals surface area contributed by atoms with Crippen molar-refractivity contribution in [1.29, 1.82) is 0 Å². The van der Waals surface area contributed by atoms with Crippen molar-refractivity contribution in [3.05, 3.63) is 36.4 Å². The molecule has 3 N–H and O–H groups in total. The molecule has 0 aliphatic heterocycles. The monoisotopic (exact) mass is 153 g/mol. The van der Waals surface area contributed by atoms with Gasteiger partial charge in [-0.1, -0.05) is 36.4 Å². The number of carbonyl (C=O) groups is 1. The Morgan fingerprint density at radius 3 is 1.36 bits per heavy atom. The standard InChI is InChI=1S/C6H6.C2H5NO2/c1-2-4-6-5-3-1;3-1-2(4)5/h1-6H;1,3H2,(H,4,5). The number of carboxylic acids is 1. The van der Waals surface area contributed by atoms with E-state index in [-0.39, 0.29) is 6.54 Å². The van der Waals surface area contributed by atoms with Crippen LogP contribution in [0.25, 0.3) is 0 Å². The SMILES string of the molecule is NCC(=O)O.c1ccccc1. The van der Waals surface area contributed by atoms with Crippen LogP contribution >= 0.6 is 0 Å². The lowest BCUT2D eigenvalue weighted by molar-refractivity contribution is -0.135. The molecule has 0 atom stereocenters. The molecule has 1 rings (SSSR count). The highest BCUT2D eigenvalue weighted by Crippen LogP contribution is 1.79. The second-order valence-electron chi connectivity index (χ2n) is 1.75. The summed E-state index contributed by atoms with van der Waals surface area (Å²) in [6.07, 6.45) is 0. The van der Waals surface area contributed by atoms with Crippen LogP contribution in [0.1, 0.15) is 0 Å². The maximum atomic E-state index is 9.24. The maximum Gasteiger partial charge on any atom is 0.317 e. The number of rotatable bonds is 1. The van der Waals surface area contributed by atoms with Crippen molar-refractivity contribution in [3.63, 3.8) is 0 Å². The van der Waals surface area contributed by atoms with E-state index in [0.29, 0.717) is 0 Å². The summed E-state index contributed by atoms with van der Waals surface area (Å²) >= 11 is 0. The zero-order valence-electron chi connectivity index (χ0n) is 6.10. The smallest absolute Gasteiger partial charge is 0.317 e. The number of benzene rings is 1. The van der Waals surface area contributed by atoms with Gasteiger partial charge in [-0.15, -0.1) is 0 Å². The van der Waals surface area contributed by atoms with Gasteiger partial charge in [0.2, 0.25) is 0 Å². The molecule has 0 aliphatic rings. The zero-order chi connectivity index (χ0) is 8.53. The summed E-state index contributed by atoms with van der Waals surface area (Å²) in [5, 5.41) is 7.60. The minimum absolute atomic E-state index is 0.278. The molecule has 3 heteroatoms. The van der Waals surface area contributed by atoms with Crippen LogP contribution in [0.2, 0.25) is 0 Å². The fourth-order valence-corrected chi connectivity index (χ4v) is 0.385. The Morgan fingerprint density at radius 2 is 1.27 bits per heavy atom. The molecule has 1 aromatic carbocycles. The molecule has 3 nitrogen and oxygen atoms in total. The Labute approximate surface area is 65.5 Å². The van der Waals surface area contributed by atoms with E-state index < -0.39 is 5.97 Å². The van der Waals surface area contributed by atoms with Crippen LogP contribution in [0.5, 0.6) is 0 Å². The Balaban J connectivity index is 0.000000187. The molecule has 0 aliphatic carbocycles. The summed E-state index contributed by atoms with van der Waals surface area (Å²) in [5.74, 6) is -0.968. The number of hydrogen-bond donors (Lipinski definition) is 2. The summed E-state index contributed by atoms with van der Waals surface area (Å²) in [4.78, 5) is 9.24. The molecule has 0 amide bonds. The highest BCUT2D eigenvalue weighted by atomic mass is 16.4. The van der Waals surface area contributed by atoms with E-state index in [4.69, 9.17) is 5.11 Å². The third-order valence-corrected chi connectivity index (χ3v) is 0.841. The normalized spacial score (nSPS) is 7.73. The first-order valence-corrected chi connectivity index (χ1v) is 3.19. The van der Waals surface area contributed by atoms with Gasteiger partial charge in [0.1, 0.15) is 0 Å². The van der Waals surface area contributed by atoms with E-state index in [9.17, 15) is 4.79 Å². The molecule has 0 radical (unpaired) electrons. The van der Waals surface area contributed by atoms with Gasteiger partial charge < -0.3 is 10.8 Å². The Kier molecular flexibility index (Phi) is 5.94. The quantitative estimate of drug-likeness (QED) is 0.624. The van der Waals surface area contributed by atoms with Gasteiger partial charge >= 0.3 is 5.97 Å². The fraction of sp³-hybridized carbons (Fsp3) is 0.125. The summed E-state index contributed by atoms with van der Waals surface area (Å²) < 4.78 is 0. The molecule has 0 aromatic heterocycles. The predicted octanol–water partition coefficient (Wildman–Crippen LogP) is 0.716. The van der Waals surface area contributed by atoms with E-state index in [1.54, 1.807) is 0 Å². The van der Waals surface area contributed by atoms with Crippen molar-refractivity contribution in [1.82, 2.24) is 0 Å². The molecular formula is C8H11NO2. The van der Waals surface area contributed by atoms with Crippen molar-refractivity contribution in [2.75, 3.05) is 6.54 Å². The molecule has 11 heavy (non-hydrogen) atoms. The van der Waals surface area contributed by atoms with Gasteiger partial charge in [-0.3, -0.25) is 4.79 Å². The minimum Gasteiger partial charge on any atom is -0.480 e. The zero-order valence-corrected chi connectivity index (χ0v) is 6.10. The van der Waals surface area contributed by atoms with Crippen molar-refractivity contribution in [3.8, 4) is 0 Å². The van der Waals surface area contributed by atoms with Crippen LogP contribution in [0.3, 0.4) is 0 Å². The summed E-state index contributed by atoms with van der Waals surface area (Å²) in [6, 6.07) is 12.0. The van der Waals surface area contributed by atoms with Gasteiger partial charge in [-0.25, -0.2) is 0 Å². The van der Waals surface area contributed by atoms with Gasteiger partial charge in [-0.2, -0.15) is 0 Å². The van der Waals surface area contributed by atoms with Crippen LogP contribution in [0.4, 0.5) is 0 Å². The first-order valence-electron chi connectivity index (χ1n) is 3.19. The molecule has 0 fully saturated rings. The van der Waals surface area contributed by atoms with E-state index in [2.05, 4.69) is 5.73 Å². The van der Waals surface area contributed by atoms with Gasteiger partial charge in [0.25, 0.3) is 0 Å². The van der Waals surface area contributed by atoms with Crippen LogP contribution in [-0.4, -0.2) is 17.6 Å². The van der Waals surface area contributed by atoms with Crippen molar-refractivity contribution in [2.45, 2.75) is 0 Å². The topological polar surface area (TPSA) is 63.3 Å². The molecule has 0 unspecified atom stereocenters. The van der Waals surface area contributed by atoms with Gasteiger partial charge in [0.15, 0.2) is 0 Å². The highest BCUT2D eigenvalue weighted by molar-refractivity contribution is 5.68. The molecule has 1 aromatic rings. The van der Waals surface area contributed by atoms with E-state index in [0.717, 1.165) is 0 Å². The van der Waals surface area contributed by atoms with Gasteiger partial charge in [-0.05, 0) is 0 Å². The molecule has 60 valence electrons. The molecule has 0 heterocycles. The number of nitrogens with two attached hydrogens (primary N) is 1. The molecule has 0 spiro atoms. The average molecular weight is 153 g/mol. The first-order chi connectivity index (χ1) is 5.27. The molecule has 0 saturated carbocycles. The third-order valence-electron chi connectivity index (χ3n) is 0.841. The number of aliphatic carboxylic acids is 1. The van der Waals surface area contributed by atoms with Crippen LogP contribution in [0, 0.1) is 0 Å². The van der Waals surface area contributed by atoms with E-state index >= 15 is 0 Å². The van der Waals surface area contributed by atoms with Crippen LogP contribution in [0.15, 0.2) is 36.4 Å². The van der Waals surface area contributed by atoms with Gasteiger partial charge in [0.05, 0.1) is 6.54 Å². The summed E-state index contributed by atoms with van der Waals surface area (Å²) in [5.41, 5.74) is 4.57. The third kappa shape index (κ3) is 8.65. The lowest BCUT2D eigenvalue weighted by Crippen LogP contribution is -2.10. The van der Waals surface area contributed by atoms with E-state index in [1.807, 2.05) is 36.4 Å². The van der Waals surface area contributed by atoms with Crippen molar-refractivity contribution < 1.29 is 9.90 Å². The second-order valence-corrected chi connectivity index (χ2v) is 1.75. The Bertz CT molecular complexity index is 160. The minimum atomic E-state index is -0.968. The molecular weight excluding hydrogens is 142 g/mol. The van der Waals surface area contributed by atoms with Crippen molar-refractivity contribution in [2.24, 2.45) is 5.73 Å². The second kappa shape index (κ2) is 6.77. The molecule has 0 saturated heterocycles.